The van der Waals surface area contributed by atoms with Gasteiger partial charge in [-0.25, -0.2) is 0 Å². The number of carbonyl (C=O) groups excluding carboxylic acids is 1. The van der Waals surface area contributed by atoms with Crippen LogP contribution in [0.5, 0.6) is 0 Å². The molecule has 0 atom stereocenters. The number of para-hydroxylation sites is 1. The van der Waals surface area contributed by atoms with E-state index in [2.05, 4.69) is 55.1 Å². The molecule has 3 rings (SSSR count). The number of oxime groups is 1. The highest BCUT2D eigenvalue weighted by Gasteiger charge is 2.21. The van der Waals surface area contributed by atoms with E-state index in [1.165, 1.54) is 11.3 Å². The first-order valence-electron chi connectivity index (χ1n) is 9.77. The van der Waals surface area contributed by atoms with Crippen molar-refractivity contribution in [1.29, 1.82) is 0 Å². The van der Waals surface area contributed by atoms with Gasteiger partial charge in [0.05, 0.1) is 6.21 Å². The molecule has 0 radical (unpaired) electrons. The third kappa shape index (κ3) is 5.35. The van der Waals surface area contributed by atoms with E-state index >= 15 is 0 Å². The molecule has 0 N–H and O–H groups in total. The molecule has 1 heterocycles. The number of nitrogens with zero attached hydrogens (tertiary/aromatic N) is 3. The van der Waals surface area contributed by atoms with E-state index in [0.29, 0.717) is 13.1 Å². The number of anilines is 1. The molecule has 5 heteroatoms. The van der Waals surface area contributed by atoms with E-state index < -0.39 is 0 Å². The Morgan fingerprint density at radius 3 is 2.25 bits per heavy atom. The maximum Gasteiger partial charge on any atom is 0.263 e. The predicted molar refractivity (Wildman–Crippen MR) is 114 cm³/mol. The van der Waals surface area contributed by atoms with Gasteiger partial charge in [0, 0.05) is 31.9 Å². The van der Waals surface area contributed by atoms with Crippen molar-refractivity contribution in [2.75, 3.05) is 37.7 Å². The standard InChI is InChI=1S/C23H29N3O2/c1-23(2,3)20-11-9-19(10-12-20)17-24-28-18-22(27)26-15-13-25(14-16-26)21-7-5-4-6-8-21/h4-12,17H,13-16,18H2,1-3H3/b24-17-. The molecular weight excluding hydrogens is 350 g/mol. The van der Waals surface area contributed by atoms with Crippen LogP contribution in [0.3, 0.4) is 0 Å². The van der Waals surface area contributed by atoms with Crippen molar-refractivity contribution in [3.05, 3.63) is 65.7 Å². The van der Waals surface area contributed by atoms with Crippen LogP contribution in [0.1, 0.15) is 31.9 Å². The molecule has 0 bridgehead atoms. The summed E-state index contributed by atoms with van der Waals surface area (Å²) < 4.78 is 0. The SMILES string of the molecule is CC(C)(C)c1ccc(/C=N\OCC(=O)N2CCN(c3ccccc3)CC2)cc1. The van der Waals surface area contributed by atoms with Crippen LogP contribution >= 0.6 is 0 Å². The van der Waals surface area contributed by atoms with Crippen LogP contribution in [0.15, 0.2) is 59.8 Å². The molecule has 1 aliphatic rings. The molecule has 5 nitrogen and oxygen atoms in total. The first-order valence-corrected chi connectivity index (χ1v) is 9.77. The first kappa shape index (κ1) is 19.9. The van der Waals surface area contributed by atoms with Crippen LogP contribution in [-0.4, -0.2) is 49.8 Å². The van der Waals surface area contributed by atoms with Gasteiger partial charge in [0.2, 0.25) is 0 Å². The van der Waals surface area contributed by atoms with Gasteiger partial charge in [-0.15, -0.1) is 0 Å². The van der Waals surface area contributed by atoms with Crippen molar-refractivity contribution in [3.63, 3.8) is 0 Å². The van der Waals surface area contributed by atoms with Crippen LogP contribution in [0.4, 0.5) is 5.69 Å². The zero-order valence-corrected chi connectivity index (χ0v) is 17.0. The van der Waals surface area contributed by atoms with Gasteiger partial charge in [-0.2, -0.15) is 0 Å². The summed E-state index contributed by atoms with van der Waals surface area (Å²) >= 11 is 0. The fourth-order valence-electron chi connectivity index (χ4n) is 3.20. The third-order valence-electron chi connectivity index (χ3n) is 4.99. The lowest BCUT2D eigenvalue weighted by molar-refractivity contribution is -0.136. The molecule has 1 saturated heterocycles. The predicted octanol–water partition coefficient (Wildman–Crippen LogP) is 3.68. The second kappa shape index (κ2) is 8.91. The van der Waals surface area contributed by atoms with Gasteiger partial charge >= 0.3 is 0 Å². The Bertz CT molecular complexity index is 787. The van der Waals surface area contributed by atoms with Crippen LogP contribution in [-0.2, 0) is 15.0 Å². The maximum atomic E-state index is 12.3. The third-order valence-corrected chi connectivity index (χ3v) is 4.99. The highest BCUT2D eigenvalue weighted by Crippen LogP contribution is 2.21. The largest absolute Gasteiger partial charge is 0.386 e. The molecule has 1 amide bonds. The molecule has 0 aromatic heterocycles. The van der Waals surface area contributed by atoms with Gasteiger partial charge < -0.3 is 14.6 Å². The minimum atomic E-state index is -0.0259. The Hall–Kier alpha value is -2.82. The smallest absolute Gasteiger partial charge is 0.263 e. The van der Waals surface area contributed by atoms with Gasteiger partial charge in [0.25, 0.3) is 5.91 Å². The van der Waals surface area contributed by atoms with Crippen molar-refractivity contribution >= 4 is 17.8 Å². The zero-order valence-electron chi connectivity index (χ0n) is 17.0. The number of hydrogen-bond acceptors (Lipinski definition) is 4. The van der Waals surface area contributed by atoms with Crippen LogP contribution in [0.25, 0.3) is 0 Å². The Kier molecular flexibility index (Phi) is 6.34. The molecule has 0 spiro atoms. The van der Waals surface area contributed by atoms with Crippen molar-refractivity contribution < 1.29 is 9.63 Å². The maximum absolute atomic E-state index is 12.3. The van der Waals surface area contributed by atoms with E-state index in [1.807, 2.05) is 35.2 Å². The lowest BCUT2D eigenvalue weighted by Gasteiger charge is -2.35. The van der Waals surface area contributed by atoms with Crippen molar-refractivity contribution in [1.82, 2.24) is 4.90 Å². The minimum Gasteiger partial charge on any atom is -0.386 e. The molecule has 2 aromatic carbocycles. The Morgan fingerprint density at radius 1 is 1.00 bits per heavy atom. The summed E-state index contributed by atoms with van der Waals surface area (Å²) in [5, 5.41) is 3.95. The van der Waals surface area contributed by atoms with E-state index in [4.69, 9.17) is 4.84 Å². The molecule has 1 fully saturated rings. The number of rotatable bonds is 5. The van der Waals surface area contributed by atoms with Crippen molar-refractivity contribution in [3.8, 4) is 0 Å². The number of carbonyl (C=O) groups is 1. The van der Waals surface area contributed by atoms with E-state index in [1.54, 1.807) is 6.21 Å². The van der Waals surface area contributed by atoms with Gasteiger partial charge in [-0.05, 0) is 28.7 Å². The van der Waals surface area contributed by atoms with Gasteiger partial charge in [-0.3, -0.25) is 4.79 Å². The average Bonchev–Trinajstić information content (AvgIpc) is 2.71. The van der Waals surface area contributed by atoms with Crippen molar-refractivity contribution in [2.45, 2.75) is 26.2 Å². The first-order chi connectivity index (χ1) is 13.4. The van der Waals surface area contributed by atoms with Crippen molar-refractivity contribution in [2.24, 2.45) is 5.16 Å². The molecule has 0 aliphatic carbocycles. The normalized spacial score (nSPS) is 15.1. The second-order valence-electron chi connectivity index (χ2n) is 8.08. The summed E-state index contributed by atoms with van der Waals surface area (Å²) in [5.41, 5.74) is 3.56. The lowest BCUT2D eigenvalue weighted by Crippen LogP contribution is -2.49. The molecule has 28 heavy (non-hydrogen) atoms. The van der Waals surface area contributed by atoms with Gasteiger partial charge in [-0.1, -0.05) is 68.4 Å². The Balaban J connectivity index is 1.42. The molecule has 0 saturated carbocycles. The van der Waals surface area contributed by atoms with Crippen LogP contribution in [0, 0.1) is 0 Å². The number of benzene rings is 2. The van der Waals surface area contributed by atoms with E-state index in [9.17, 15) is 4.79 Å². The highest BCUT2D eigenvalue weighted by atomic mass is 16.6. The summed E-state index contributed by atoms with van der Waals surface area (Å²) in [6.07, 6.45) is 1.65. The Morgan fingerprint density at radius 2 is 1.64 bits per heavy atom. The lowest BCUT2D eigenvalue weighted by atomic mass is 9.87. The van der Waals surface area contributed by atoms with E-state index in [-0.39, 0.29) is 17.9 Å². The summed E-state index contributed by atoms with van der Waals surface area (Å²) in [7, 11) is 0. The zero-order chi connectivity index (χ0) is 20.0. The topological polar surface area (TPSA) is 45.1 Å². The quantitative estimate of drug-likeness (QED) is 0.588. The number of amides is 1. The molecule has 148 valence electrons. The average molecular weight is 380 g/mol. The summed E-state index contributed by atoms with van der Waals surface area (Å²) in [5.74, 6) is -0.0204. The van der Waals surface area contributed by atoms with Gasteiger partial charge in [0.1, 0.15) is 0 Å². The molecule has 1 aliphatic heterocycles. The fraction of sp³-hybridized carbons (Fsp3) is 0.391. The minimum absolute atomic E-state index is 0.0204. The molecule has 0 unspecified atom stereocenters. The summed E-state index contributed by atoms with van der Waals surface area (Å²) in [6, 6.07) is 18.5. The summed E-state index contributed by atoms with van der Waals surface area (Å²) in [6.45, 7) is 9.60. The number of hydrogen-bond donors (Lipinski definition) is 0. The van der Waals surface area contributed by atoms with Gasteiger partial charge in [0.15, 0.2) is 6.61 Å². The van der Waals surface area contributed by atoms with Crippen LogP contribution < -0.4 is 4.90 Å². The summed E-state index contributed by atoms with van der Waals surface area (Å²) in [4.78, 5) is 21.7. The van der Waals surface area contributed by atoms with E-state index in [0.717, 1.165) is 18.7 Å². The fourth-order valence-corrected chi connectivity index (χ4v) is 3.20. The molecular formula is C23H29N3O2. The van der Waals surface area contributed by atoms with Crippen LogP contribution in [0.2, 0.25) is 0 Å². The molecule has 2 aromatic rings. The second-order valence-corrected chi connectivity index (χ2v) is 8.08. The highest BCUT2D eigenvalue weighted by molar-refractivity contribution is 5.80. The monoisotopic (exact) mass is 379 g/mol. The Labute approximate surface area is 167 Å². The number of piperazine rings is 1.